The number of benzene rings is 1. The summed E-state index contributed by atoms with van der Waals surface area (Å²) in [5.74, 6) is -0.814. The number of carboxylic acids is 1. The Kier molecular flexibility index (Phi) is 3.93. The average Bonchev–Trinajstić information content (AvgIpc) is 3.12. The second-order valence-corrected chi connectivity index (χ2v) is 7.17. The standard InChI is InChI=1S/C16H19NO3S/c18-14(13-9-11-5-1-2-6-12(11)21-13)17-10-16(15(19)20)7-3-4-8-16/h1-2,5-6,13H,3-4,7-10H2,(H,17,18)(H,19,20). The number of carbonyl (C=O) groups excluding carboxylic acids is 1. The summed E-state index contributed by atoms with van der Waals surface area (Å²) in [6.07, 6.45) is 3.94. The highest BCUT2D eigenvalue weighted by molar-refractivity contribution is 8.01. The van der Waals surface area contributed by atoms with Crippen molar-refractivity contribution in [1.29, 1.82) is 0 Å². The molecule has 112 valence electrons. The minimum Gasteiger partial charge on any atom is -0.481 e. The minimum atomic E-state index is -0.775. The van der Waals surface area contributed by atoms with Crippen molar-refractivity contribution in [2.24, 2.45) is 5.41 Å². The van der Waals surface area contributed by atoms with E-state index in [0.717, 1.165) is 24.2 Å². The molecule has 21 heavy (non-hydrogen) atoms. The van der Waals surface area contributed by atoms with E-state index in [-0.39, 0.29) is 17.7 Å². The van der Waals surface area contributed by atoms with Crippen LogP contribution in [0.25, 0.3) is 0 Å². The molecule has 4 nitrogen and oxygen atoms in total. The fourth-order valence-corrected chi connectivity index (χ4v) is 4.44. The number of fused-ring (bicyclic) bond motifs is 1. The molecule has 0 spiro atoms. The second kappa shape index (κ2) is 5.72. The third-order valence-electron chi connectivity index (χ3n) is 4.55. The van der Waals surface area contributed by atoms with Gasteiger partial charge >= 0.3 is 5.97 Å². The van der Waals surface area contributed by atoms with Gasteiger partial charge < -0.3 is 10.4 Å². The zero-order chi connectivity index (χ0) is 14.9. The molecule has 0 aromatic heterocycles. The van der Waals surface area contributed by atoms with Gasteiger partial charge in [-0.05, 0) is 30.9 Å². The molecule has 5 heteroatoms. The smallest absolute Gasteiger partial charge is 0.311 e. The van der Waals surface area contributed by atoms with E-state index in [1.54, 1.807) is 11.8 Å². The van der Waals surface area contributed by atoms with Gasteiger partial charge in [0.1, 0.15) is 0 Å². The van der Waals surface area contributed by atoms with Crippen molar-refractivity contribution in [1.82, 2.24) is 5.32 Å². The summed E-state index contributed by atoms with van der Waals surface area (Å²) in [6.45, 7) is 0.259. The monoisotopic (exact) mass is 305 g/mol. The molecule has 1 fully saturated rings. The summed E-state index contributed by atoms with van der Waals surface area (Å²) < 4.78 is 0. The van der Waals surface area contributed by atoms with Gasteiger partial charge in [-0.2, -0.15) is 0 Å². The van der Waals surface area contributed by atoms with Gasteiger partial charge in [-0.15, -0.1) is 11.8 Å². The molecule has 2 aliphatic rings. The van der Waals surface area contributed by atoms with E-state index >= 15 is 0 Å². The van der Waals surface area contributed by atoms with Gasteiger partial charge in [0.2, 0.25) is 5.91 Å². The summed E-state index contributed by atoms with van der Waals surface area (Å²) in [4.78, 5) is 24.9. The van der Waals surface area contributed by atoms with E-state index in [1.165, 1.54) is 5.56 Å². The highest BCUT2D eigenvalue weighted by Gasteiger charge is 2.42. The second-order valence-electron chi connectivity index (χ2n) is 5.93. The third kappa shape index (κ3) is 2.79. The molecule has 0 radical (unpaired) electrons. The van der Waals surface area contributed by atoms with Crippen LogP contribution in [0.4, 0.5) is 0 Å². The summed E-state index contributed by atoms with van der Waals surface area (Å²) in [5.41, 5.74) is 0.461. The highest BCUT2D eigenvalue weighted by atomic mass is 32.2. The molecule has 0 saturated heterocycles. The molecular weight excluding hydrogens is 286 g/mol. The molecule has 1 aromatic carbocycles. The fourth-order valence-electron chi connectivity index (χ4n) is 3.22. The van der Waals surface area contributed by atoms with Gasteiger partial charge in [-0.25, -0.2) is 0 Å². The van der Waals surface area contributed by atoms with Crippen LogP contribution < -0.4 is 5.32 Å². The van der Waals surface area contributed by atoms with Crippen LogP contribution in [0.15, 0.2) is 29.2 Å². The maximum atomic E-state index is 12.3. The molecule has 0 bridgehead atoms. The predicted octanol–water partition coefficient (Wildman–Crippen LogP) is 2.46. The Morgan fingerprint density at radius 2 is 2.00 bits per heavy atom. The molecule has 1 unspecified atom stereocenters. The van der Waals surface area contributed by atoms with E-state index in [0.29, 0.717) is 12.8 Å². The number of rotatable bonds is 4. The Balaban J connectivity index is 1.59. The number of hydrogen-bond donors (Lipinski definition) is 2. The molecular formula is C16H19NO3S. The van der Waals surface area contributed by atoms with Crippen molar-refractivity contribution in [3.05, 3.63) is 29.8 Å². The number of hydrogen-bond acceptors (Lipinski definition) is 3. The van der Waals surface area contributed by atoms with Crippen molar-refractivity contribution in [3.63, 3.8) is 0 Å². The normalized spacial score (nSPS) is 22.8. The first-order valence-corrected chi connectivity index (χ1v) is 8.24. The SMILES string of the molecule is O=C(NCC1(C(=O)O)CCCC1)C1Cc2ccccc2S1. The Hall–Kier alpha value is -1.49. The molecule has 3 rings (SSSR count). The van der Waals surface area contributed by atoms with Crippen molar-refractivity contribution in [2.45, 2.75) is 42.2 Å². The van der Waals surface area contributed by atoms with Crippen LogP contribution in [-0.4, -0.2) is 28.8 Å². The lowest BCUT2D eigenvalue weighted by Crippen LogP contribution is -2.43. The van der Waals surface area contributed by atoms with Crippen LogP contribution in [-0.2, 0) is 16.0 Å². The van der Waals surface area contributed by atoms with Gasteiger partial charge in [0, 0.05) is 11.4 Å². The maximum Gasteiger partial charge on any atom is 0.311 e. The summed E-state index contributed by atoms with van der Waals surface area (Å²) in [5, 5.41) is 12.2. The van der Waals surface area contributed by atoms with Crippen LogP contribution in [0.3, 0.4) is 0 Å². The predicted molar refractivity (Wildman–Crippen MR) is 81.3 cm³/mol. The van der Waals surface area contributed by atoms with Gasteiger partial charge in [-0.1, -0.05) is 31.0 Å². The van der Waals surface area contributed by atoms with Gasteiger partial charge in [0.05, 0.1) is 10.7 Å². The Labute approximate surface area is 128 Å². The summed E-state index contributed by atoms with van der Waals surface area (Å²) in [6, 6.07) is 8.04. The third-order valence-corrected chi connectivity index (χ3v) is 5.87. The molecule has 1 heterocycles. The molecule has 1 aliphatic carbocycles. The molecule has 1 amide bonds. The summed E-state index contributed by atoms with van der Waals surface area (Å²) in [7, 11) is 0. The molecule has 1 atom stereocenters. The quantitative estimate of drug-likeness (QED) is 0.897. The van der Waals surface area contributed by atoms with Crippen LogP contribution in [0.1, 0.15) is 31.2 Å². The van der Waals surface area contributed by atoms with Crippen LogP contribution in [0.5, 0.6) is 0 Å². The zero-order valence-electron chi connectivity index (χ0n) is 11.8. The molecule has 1 aromatic rings. The number of amides is 1. The molecule has 2 N–H and O–H groups in total. The lowest BCUT2D eigenvalue weighted by Gasteiger charge is -2.24. The van der Waals surface area contributed by atoms with Crippen LogP contribution in [0, 0.1) is 5.41 Å². The largest absolute Gasteiger partial charge is 0.481 e. The van der Waals surface area contributed by atoms with Gasteiger partial charge in [0.15, 0.2) is 0 Å². The number of carboxylic acid groups (broad SMARTS) is 1. The summed E-state index contributed by atoms with van der Waals surface area (Å²) >= 11 is 1.57. The number of thioether (sulfide) groups is 1. The number of aliphatic carboxylic acids is 1. The first-order valence-electron chi connectivity index (χ1n) is 7.36. The maximum absolute atomic E-state index is 12.3. The average molecular weight is 305 g/mol. The Morgan fingerprint density at radius 3 is 2.67 bits per heavy atom. The lowest BCUT2D eigenvalue weighted by atomic mass is 9.86. The van der Waals surface area contributed by atoms with Gasteiger partial charge in [0.25, 0.3) is 0 Å². The first kappa shape index (κ1) is 14.4. The molecule has 1 saturated carbocycles. The van der Waals surface area contributed by atoms with Crippen molar-refractivity contribution in [2.75, 3.05) is 6.54 Å². The number of nitrogens with one attached hydrogen (secondary N) is 1. The van der Waals surface area contributed by atoms with Gasteiger partial charge in [-0.3, -0.25) is 9.59 Å². The zero-order valence-corrected chi connectivity index (χ0v) is 12.6. The van der Waals surface area contributed by atoms with Crippen molar-refractivity contribution < 1.29 is 14.7 Å². The minimum absolute atomic E-state index is 0.0382. The number of carbonyl (C=O) groups is 2. The lowest BCUT2D eigenvalue weighted by molar-refractivity contribution is -0.148. The van der Waals surface area contributed by atoms with Crippen LogP contribution >= 0.6 is 11.8 Å². The van der Waals surface area contributed by atoms with Crippen LogP contribution in [0.2, 0.25) is 0 Å². The van der Waals surface area contributed by atoms with Crippen molar-refractivity contribution >= 4 is 23.6 Å². The molecule has 1 aliphatic heterocycles. The van der Waals surface area contributed by atoms with E-state index in [2.05, 4.69) is 5.32 Å². The Morgan fingerprint density at radius 1 is 1.29 bits per heavy atom. The van der Waals surface area contributed by atoms with E-state index in [1.807, 2.05) is 24.3 Å². The van der Waals surface area contributed by atoms with Crippen molar-refractivity contribution in [3.8, 4) is 0 Å². The van der Waals surface area contributed by atoms with E-state index in [9.17, 15) is 14.7 Å². The topological polar surface area (TPSA) is 66.4 Å². The van der Waals surface area contributed by atoms with E-state index in [4.69, 9.17) is 0 Å². The first-order chi connectivity index (χ1) is 10.1. The Bertz CT molecular complexity index is 541. The highest BCUT2D eigenvalue weighted by Crippen LogP contribution is 2.39. The van der Waals surface area contributed by atoms with E-state index < -0.39 is 11.4 Å². The fraction of sp³-hybridized carbons (Fsp3) is 0.500.